The minimum atomic E-state index is -1.25. The Morgan fingerprint density at radius 3 is 1.33 bits per heavy atom. The van der Waals surface area contributed by atoms with Gasteiger partial charge in [-0.05, 0) is 80.0 Å². The van der Waals surface area contributed by atoms with Crippen LogP contribution in [-0.4, -0.2) is 198 Å². The molecule has 0 radical (unpaired) electrons. The van der Waals surface area contributed by atoms with E-state index in [0.717, 1.165) is 0 Å². The first-order valence-corrected chi connectivity index (χ1v) is 20.6. The van der Waals surface area contributed by atoms with Gasteiger partial charge in [0.05, 0.1) is 39.1 Å². The number of esters is 3. The average molecular weight is 864 g/mol. The molecule has 1 aliphatic heterocycles. The van der Waals surface area contributed by atoms with Crippen LogP contribution in [0, 0.1) is 0 Å². The summed E-state index contributed by atoms with van der Waals surface area (Å²) in [6.07, 6.45) is -0.105. The second-order valence-corrected chi connectivity index (χ2v) is 18.0. The van der Waals surface area contributed by atoms with Gasteiger partial charge in [0.15, 0.2) is 0 Å². The lowest BCUT2D eigenvalue weighted by Gasteiger charge is -2.34. The second-order valence-electron chi connectivity index (χ2n) is 18.0. The van der Waals surface area contributed by atoms with Gasteiger partial charge in [-0.15, -0.1) is 0 Å². The quantitative estimate of drug-likeness (QED) is 0.122. The van der Waals surface area contributed by atoms with Crippen LogP contribution >= 0.6 is 0 Å². The van der Waals surface area contributed by atoms with E-state index in [0.29, 0.717) is 57.9 Å². The fraction of sp³-hybridized carbons (Fsp3) is 0.690. The molecule has 1 aliphatic rings. The molecule has 4 N–H and O–H groups in total. The van der Waals surface area contributed by atoms with E-state index in [-0.39, 0.29) is 57.3 Å². The lowest BCUT2D eigenvalue weighted by atomic mass is 10.1. The zero-order valence-electron chi connectivity index (χ0n) is 37.5. The Morgan fingerprint density at radius 2 is 0.967 bits per heavy atom. The fourth-order valence-electron chi connectivity index (χ4n) is 6.06. The normalized spacial score (nSPS) is 15.7. The van der Waals surface area contributed by atoms with Crippen molar-refractivity contribution in [3.63, 3.8) is 0 Å². The standard InChI is InChI=1S/C42H69N7O12/c1-40(2,3)59-37(56)28-46-18-16-45(17-19-47(29-38(57)60-41(4,5)6)21-23-48(22-20-46)30-39(58)61-42(7,8)9)26-33(51)43-14-15-49(27-34(52)44-25-36(54)55)35(53)24-31-10-12-32(50)13-11-31/h10-13,50H,14-30H2,1-9H3,(H,43,51)(H,44,52)(H,54,55). The summed E-state index contributed by atoms with van der Waals surface area (Å²) >= 11 is 0. The molecule has 19 heteroatoms. The number of benzene rings is 1. The van der Waals surface area contributed by atoms with Crippen LogP contribution in [0.4, 0.5) is 0 Å². The van der Waals surface area contributed by atoms with E-state index in [2.05, 4.69) is 10.6 Å². The minimum absolute atomic E-state index is 0.00301. The van der Waals surface area contributed by atoms with E-state index in [1.807, 2.05) is 19.6 Å². The van der Waals surface area contributed by atoms with Gasteiger partial charge < -0.3 is 40.0 Å². The Kier molecular flexibility index (Phi) is 21.0. The molecule has 0 bridgehead atoms. The molecule has 1 aromatic carbocycles. The Morgan fingerprint density at radius 1 is 0.590 bits per heavy atom. The molecule has 1 heterocycles. The van der Waals surface area contributed by atoms with Crippen molar-refractivity contribution in [3.05, 3.63) is 29.8 Å². The van der Waals surface area contributed by atoms with E-state index in [1.54, 1.807) is 74.4 Å². The molecular weight excluding hydrogens is 794 g/mol. The first kappa shape index (κ1) is 52.3. The first-order valence-electron chi connectivity index (χ1n) is 20.6. The zero-order valence-corrected chi connectivity index (χ0v) is 37.5. The van der Waals surface area contributed by atoms with Crippen LogP contribution in [0.5, 0.6) is 5.75 Å². The highest BCUT2D eigenvalue weighted by molar-refractivity contribution is 5.87. The van der Waals surface area contributed by atoms with Crippen LogP contribution in [0.1, 0.15) is 67.9 Å². The van der Waals surface area contributed by atoms with Crippen LogP contribution in [-0.2, 0) is 54.2 Å². The summed E-state index contributed by atoms with van der Waals surface area (Å²) in [6, 6.07) is 6.00. The Bertz CT molecular complexity index is 1570. The second kappa shape index (κ2) is 24.6. The predicted octanol–water partition coefficient (Wildman–Crippen LogP) is 0.327. The van der Waals surface area contributed by atoms with Gasteiger partial charge >= 0.3 is 23.9 Å². The maximum atomic E-state index is 13.5. The minimum Gasteiger partial charge on any atom is -0.508 e. The third kappa shape index (κ3) is 24.9. The number of hydrogen-bond donors (Lipinski definition) is 4. The molecule has 1 saturated heterocycles. The van der Waals surface area contributed by atoms with Gasteiger partial charge in [0.2, 0.25) is 17.7 Å². The van der Waals surface area contributed by atoms with Crippen molar-refractivity contribution in [2.24, 2.45) is 0 Å². The topological polar surface area (TPSA) is 228 Å². The number of carbonyl (C=O) groups excluding carboxylic acids is 6. The summed E-state index contributed by atoms with van der Waals surface area (Å²) in [6.45, 7) is 17.7. The molecule has 0 spiro atoms. The number of ether oxygens (including phenoxy) is 3. The van der Waals surface area contributed by atoms with Gasteiger partial charge in [0.25, 0.3) is 0 Å². The highest BCUT2D eigenvalue weighted by Crippen LogP contribution is 2.13. The molecule has 0 aliphatic carbocycles. The Hall–Kier alpha value is -4.85. The van der Waals surface area contributed by atoms with Gasteiger partial charge in [0, 0.05) is 65.4 Å². The summed E-state index contributed by atoms with van der Waals surface area (Å²) in [4.78, 5) is 98.2. The van der Waals surface area contributed by atoms with Crippen LogP contribution in [0.25, 0.3) is 0 Å². The maximum Gasteiger partial charge on any atom is 0.322 e. The van der Waals surface area contributed by atoms with E-state index < -0.39 is 65.6 Å². The molecule has 1 fully saturated rings. The molecule has 1 aromatic rings. The molecule has 19 nitrogen and oxygen atoms in total. The lowest BCUT2D eigenvalue weighted by molar-refractivity contribution is -0.158. The van der Waals surface area contributed by atoms with E-state index in [4.69, 9.17) is 19.3 Å². The first-order chi connectivity index (χ1) is 28.2. The van der Waals surface area contributed by atoms with Crippen LogP contribution in [0.3, 0.4) is 0 Å². The predicted molar refractivity (Wildman–Crippen MR) is 225 cm³/mol. The van der Waals surface area contributed by atoms with Gasteiger partial charge in [-0.1, -0.05) is 12.1 Å². The summed E-state index contributed by atoms with van der Waals surface area (Å²) in [7, 11) is 0. The molecule has 0 unspecified atom stereocenters. The van der Waals surface area contributed by atoms with Crippen LogP contribution in [0.2, 0.25) is 0 Å². The smallest absolute Gasteiger partial charge is 0.322 e. The number of phenolic OH excluding ortho intramolecular Hbond substituents is 1. The number of amides is 3. The van der Waals surface area contributed by atoms with Crippen molar-refractivity contribution in [3.8, 4) is 5.75 Å². The van der Waals surface area contributed by atoms with Gasteiger partial charge in [0.1, 0.15) is 29.1 Å². The third-order valence-corrected chi connectivity index (χ3v) is 8.73. The summed E-state index contributed by atoms with van der Waals surface area (Å²) in [5, 5.41) is 23.7. The number of hydrogen-bond acceptors (Lipinski definition) is 15. The highest BCUT2D eigenvalue weighted by atomic mass is 16.6. The summed E-state index contributed by atoms with van der Waals surface area (Å²) in [5.41, 5.74) is -1.52. The molecule has 0 atom stereocenters. The molecule has 3 amide bonds. The van der Waals surface area contributed by atoms with Crippen molar-refractivity contribution in [1.82, 2.24) is 35.1 Å². The molecule has 344 valence electrons. The van der Waals surface area contributed by atoms with Gasteiger partial charge in [-0.25, -0.2) is 0 Å². The number of nitrogens with one attached hydrogen (secondary N) is 2. The Labute approximate surface area is 360 Å². The molecule has 0 aromatic heterocycles. The third-order valence-electron chi connectivity index (χ3n) is 8.73. The highest BCUT2D eigenvalue weighted by Gasteiger charge is 2.26. The van der Waals surface area contributed by atoms with Gasteiger partial charge in [-0.3, -0.25) is 53.2 Å². The van der Waals surface area contributed by atoms with Crippen molar-refractivity contribution < 1.29 is 58.0 Å². The van der Waals surface area contributed by atoms with Crippen LogP contribution in [0.15, 0.2) is 24.3 Å². The zero-order chi connectivity index (χ0) is 46.0. The molecule has 0 saturated carbocycles. The monoisotopic (exact) mass is 864 g/mol. The van der Waals surface area contributed by atoms with Crippen molar-refractivity contribution in [1.29, 1.82) is 0 Å². The lowest BCUT2D eigenvalue weighted by Crippen LogP contribution is -2.51. The van der Waals surface area contributed by atoms with E-state index in [1.165, 1.54) is 17.0 Å². The SMILES string of the molecule is CC(C)(C)OC(=O)CN1CCN(CC(=O)NCCN(CC(=O)NCC(=O)O)C(=O)Cc2ccc(O)cc2)CCN(CC(=O)OC(C)(C)C)CCN(CC(=O)OC(C)(C)C)CC1. The Balaban J connectivity index is 2.27. The number of carbonyl (C=O) groups is 7. The van der Waals surface area contributed by atoms with E-state index >= 15 is 0 Å². The average Bonchev–Trinajstić information content (AvgIpc) is 3.09. The summed E-state index contributed by atoms with van der Waals surface area (Å²) < 4.78 is 16.8. The number of rotatable bonds is 17. The number of carboxylic acid groups (broad SMARTS) is 1. The largest absolute Gasteiger partial charge is 0.508 e. The molecule has 2 rings (SSSR count). The number of phenols is 1. The number of aliphatic carboxylic acids is 1. The van der Waals surface area contributed by atoms with Crippen LogP contribution < -0.4 is 10.6 Å². The molecular formula is C42H69N7O12. The van der Waals surface area contributed by atoms with Crippen molar-refractivity contribution >= 4 is 41.6 Å². The van der Waals surface area contributed by atoms with E-state index in [9.17, 15) is 38.7 Å². The number of nitrogens with zero attached hydrogens (tertiary/aromatic N) is 5. The van der Waals surface area contributed by atoms with Crippen molar-refractivity contribution in [2.75, 3.05) is 105 Å². The fourth-order valence-corrected chi connectivity index (χ4v) is 6.06. The maximum absolute atomic E-state index is 13.5. The summed E-state index contributed by atoms with van der Waals surface area (Å²) in [5.74, 6) is -3.99. The van der Waals surface area contributed by atoms with Crippen molar-refractivity contribution in [2.45, 2.75) is 85.5 Å². The number of carboxylic acids is 1. The van der Waals surface area contributed by atoms with Gasteiger partial charge in [-0.2, -0.15) is 0 Å². The molecule has 61 heavy (non-hydrogen) atoms. The number of aromatic hydroxyl groups is 1.